The van der Waals surface area contributed by atoms with E-state index in [1.807, 2.05) is 48.5 Å². The third-order valence-electron chi connectivity index (χ3n) is 5.54. The van der Waals surface area contributed by atoms with Crippen LogP contribution in [0.4, 0.5) is 4.79 Å². The first-order valence-corrected chi connectivity index (χ1v) is 10.4. The standard InChI is InChI=1S/C24H28N2O6/c1-24(2,22(29)25-20(21(27)28)12-13-31-3)26-23(30)32-14-19-17-10-6-4-8-15(17)16-9-5-7-11-18(16)19/h4-11,19-20H,12-14H2,1-3H3,(H,25,29)(H,26,30)(H,27,28). The zero-order chi connectivity index (χ0) is 23.3. The highest BCUT2D eigenvalue weighted by molar-refractivity contribution is 5.92. The van der Waals surface area contributed by atoms with E-state index in [2.05, 4.69) is 10.6 Å². The number of carboxylic acids is 1. The highest BCUT2D eigenvalue weighted by atomic mass is 16.5. The molecule has 8 heteroatoms. The van der Waals surface area contributed by atoms with Gasteiger partial charge in [-0.2, -0.15) is 0 Å². The van der Waals surface area contributed by atoms with Gasteiger partial charge in [-0.1, -0.05) is 48.5 Å². The Morgan fingerprint density at radius 1 is 1.03 bits per heavy atom. The lowest BCUT2D eigenvalue weighted by Gasteiger charge is -2.27. The van der Waals surface area contributed by atoms with Crippen LogP contribution in [0.3, 0.4) is 0 Å². The molecule has 1 aliphatic rings. The molecule has 0 radical (unpaired) electrons. The van der Waals surface area contributed by atoms with Crippen molar-refractivity contribution in [2.75, 3.05) is 20.3 Å². The van der Waals surface area contributed by atoms with Crippen molar-refractivity contribution in [2.45, 2.75) is 37.8 Å². The van der Waals surface area contributed by atoms with Crippen molar-refractivity contribution in [2.24, 2.45) is 0 Å². The zero-order valence-electron chi connectivity index (χ0n) is 18.4. The van der Waals surface area contributed by atoms with Crippen molar-refractivity contribution in [3.8, 4) is 11.1 Å². The summed E-state index contributed by atoms with van der Waals surface area (Å²) in [4.78, 5) is 36.4. The Balaban J connectivity index is 1.62. The molecule has 1 unspecified atom stereocenters. The van der Waals surface area contributed by atoms with Crippen LogP contribution >= 0.6 is 0 Å². The molecule has 2 aromatic carbocycles. The van der Waals surface area contributed by atoms with Gasteiger partial charge in [0.05, 0.1) is 0 Å². The minimum Gasteiger partial charge on any atom is -0.480 e. The summed E-state index contributed by atoms with van der Waals surface area (Å²) in [7, 11) is 1.45. The van der Waals surface area contributed by atoms with Crippen molar-refractivity contribution >= 4 is 18.0 Å². The van der Waals surface area contributed by atoms with Crippen LogP contribution in [-0.2, 0) is 19.1 Å². The van der Waals surface area contributed by atoms with Gasteiger partial charge in [0.1, 0.15) is 18.2 Å². The number of nitrogens with one attached hydrogen (secondary N) is 2. The van der Waals surface area contributed by atoms with Crippen molar-refractivity contribution in [1.82, 2.24) is 10.6 Å². The van der Waals surface area contributed by atoms with Crippen LogP contribution in [-0.4, -0.2) is 55.0 Å². The van der Waals surface area contributed by atoms with Gasteiger partial charge in [0.15, 0.2) is 0 Å². The van der Waals surface area contributed by atoms with Crippen LogP contribution in [0.15, 0.2) is 48.5 Å². The van der Waals surface area contributed by atoms with E-state index in [1.54, 1.807) is 0 Å². The first-order valence-electron chi connectivity index (χ1n) is 10.4. The third-order valence-corrected chi connectivity index (χ3v) is 5.54. The summed E-state index contributed by atoms with van der Waals surface area (Å²) in [6.45, 7) is 3.26. The van der Waals surface area contributed by atoms with E-state index >= 15 is 0 Å². The molecule has 32 heavy (non-hydrogen) atoms. The molecular weight excluding hydrogens is 412 g/mol. The number of methoxy groups -OCH3 is 1. The molecule has 0 saturated heterocycles. The molecule has 170 valence electrons. The maximum absolute atomic E-state index is 12.6. The fraction of sp³-hybridized carbons (Fsp3) is 0.375. The Bertz CT molecular complexity index is 958. The van der Waals surface area contributed by atoms with Gasteiger partial charge >= 0.3 is 12.1 Å². The molecule has 0 bridgehead atoms. The average Bonchev–Trinajstić information content (AvgIpc) is 3.08. The number of hydrogen-bond acceptors (Lipinski definition) is 5. The van der Waals surface area contributed by atoms with Crippen LogP contribution in [0.2, 0.25) is 0 Å². The van der Waals surface area contributed by atoms with Crippen LogP contribution in [0.25, 0.3) is 11.1 Å². The molecule has 0 heterocycles. The number of aliphatic carboxylic acids is 1. The summed E-state index contributed by atoms with van der Waals surface area (Å²) in [5.74, 6) is -1.91. The Morgan fingerprint density at radius 3 is 2.12 bits per heavy atom. The number of hydrogen-bond donors (Lipinski definition) is 3. The molecule has 0 saturated carbocycles. The van der Waals surface area contributed by atoms with Crippen molar-refractivity contribution in [1.29, 1.82) is 0 Å². The van der Waals surface area contributed by atoms with E-state index in [0.717, 1.165) is 22.3 Å². The number of carboxylic acid groups (broad SMARTS) is 1. The SMILES string of the molecule is COCCC(NC(=O)C(C)(C)NC(=O)OCC1c2ccccc2-c2ccccc21)C(=O)O. The molecule has 1 aliphatic carbocycles. The van der Waals surface area contributed by atoms with E-state index in [9.17, 15) is 19.5 Å². The Kier molecular flexibility index (Phi) is 7.15. The number of amides is 2. The fourth-order valence-corrected chi connectivity index (χ4v) is 3.78. The summed E-state index contributed by atoms with van der Waals surface area (Å²) in [6.07, 6.45) is -0.644. The maximum atomic E-state index is 12.6. The predicted octanol–water partition coefficient (Wildman–Crippen LogP) is 2.91. The van der Waals surface area contributed by atoms with Gasteiger partial charge < -0.3 is 25.2 Å². The van der Waals surface area contributed by atoms with Crippen LogP contribution < -0.4 is 10.6 Å². The van der Waals surface area contributed by atoms with E-state index < -0.39 is 29.6 Å². The van der Waals surface area contributed by atoms with E-state index in [4.69, 9.17) is 9.47 Å². The van der Waals surface area contributed by atoms with E-state index in [0.29, 0.717) is 0 Å². The molecule has 0 aromatic heterocycles. The van der Waals surface area contributed by atoms with Crippen molar-refractivity contribution < 1.29 is 29.0 Å². The number of fused-ring (bicyclic) bond motifs is 3. The highest BCUT2D eigenvalue weighted by Gasteiger charge is 2.34. The number of alkyl carbamates (subject to hydrolysis) is 1. The Hall–Kier alpha value is -3.39. The summed E-state index contributed by atoms with van der Waals surface area (Å²) in [5.41, 5.74) is 3.03. The molecule has 0 aliphatic heterocycles. The summed E-state index contributed by atoms with van der Waals surface area (Å²) in [5, 5.41) is 14.2. The molecule has 8 nitrogen and oxygen atoms in total. The topological polar surface area (TPSA) is 114 Å². The molecule has 0 spiro atoms. The summed E-state index contributed by atoms with van der Waals surface area (Å²) in [6, 6.07) is 14.9. The molecule has 3 rings (SSSR count). The summed E-state index contributed by atoms with van der Waals surface area (Å²) < 4.78 is 10.4. The minimum absolute atomic E-state index is 0.101. The predicted molar refractivity (Wildman–Crippen MR) is 118 cm³/mol. The molecule has 0 fully saturated rings. The first kappa shape index (κ1) is 23.3. The lowest BCUT2D eigenvalue weighted by atomic mass is 9.98. The van der Waals surface area contributed by atoms with Gasteiger partial charge in [-0.25, -0.2) is 9.59 Å². The van der Waals surface area contributed by atoms with Gasteiger partial charge in [0.25, 0.3) is 0 Å². The molecule has 3 N–H and O–H groups in total. The first-order chi connectivity index (χ1) is 15.2. The second-order valence-electron chi connectivity index (χ2n) is 8.22. The monoisotopic (exact) mass is 440 g/mol. The Morgan fingerprint density at radius 2 is 1.59 bits per heavy atom. The smallest absolute Gasteiger partial charge is 0.408 e. The van der Waals surface area contributed by atoms with Crippen molar-refractivity contribution in [3.05, 3.63) is 59.7 Å². The van der Waals surface area contributed by atoms with Gasteiger partial charge in [0.2, 0.25) is 5.91 Å². The lowest BCUT2D eigenvalue weighted by Crippen LogP contribution is -2.58. The van der Waals surface area contributed by atoms with Crippen LogP contribution in [0, 0.1) is 0 Å². The fourth-order valence-electron chi connectivity index (χ4n) is 3.78. The van der Waals surface area contributed by atoms with Gasteiger partial charge in [0, 0.05) is 26.1 Å². The van der Waals surface area contributed by atoms with Crippen LogP contribution in [0.5, 0.6) is 0 Å². The van der Waals surface area contributed by atoms with E-state index in [1.165, 1.54) is 21.0 Å². The average molecular weight is 440 g/mol. The zero-order valence-corrected chi connectivity index (χ0v) is 18.4. The van der Waals surface area contributed by atoms with Gasteiger partial charge in [-0.3, -0.25) is 4.79 Å². The molecule has 2 amide bonds. The molecule has 2 aromatic rings. The van der Waals surface area contributed by atoms with E-state index in [-0.39, 0.29) is 25.6 Å². The van der Waals surface area contributed by atoms with Crippen molar-refractivity contribution in [3.63, 3.8) is 0 Å². The second kappa shape index (κ2) is 9.82. The maximum Gasteiger partial charge on any atom is 0.408 e. The lowest BCUT2D eigenvalue weighted by molar-refractivity contribution is -0.143. The minimum atomic E-state index is -1.37. The largest absolute Gasteiger partial charge is 0.480 e. The number of rotatable bonds is 9. The quantitative estimate of drug-likeness (QED) is 0.553. The number of benzene rings is 2. The van der Waals surface area contributed by atoms with Gasteiger partial charge in [-0.05, 0) is 36.1 Å². The normalized spacial score (nSPS) is 13.6. The number of ether oxygens (including phenoxy) is 2. The van der Waals surface area contributed by atoms with Gasteiger partial charge in [-0.15, -0.1) is 0 Å². The highest BCUT2D eigenvalue weighted by Crippen LogP contribution is 2.44. The third kappa shape index (κ3) is 5.08. The molecule has 1 atom stereocenters. The van der Waals surface area contributed by atoms with Crippen LogP contribution in [0.1, 0.15) is 37.3 Å². The summed E-state index contributed by atoms with van der Waals surface area (Å²) >= 11 is 0. The second-order valence-corrected chi connectivity index (χ2v) is 8.22. The molecular formula is C24H28N2O6. The number of carbonyl (C=O) groups excluding carboxylic acids is 2. The number of carbonyl (C=O) groups is 3. The Labute approximate surface area is 186 Å².